The summed E-state index contributed by atoms with van der Waals surface area (Å²) in [5.74, 6) is 0.582. The van der Waals surface area contributed by atoms with Gasteiger partial charge in [-0.1, -0.05) is 31.2 Å². The zero-order chi connectivity index (χ0) is 14.5. The Morgan fingerprint density at radius 2 is 2.00 bits per heavy atom. The number of rotatable bonds is 6. The summed E-state index contributed by atoms with van der Waals surface area (Å²) >= 11 is 0. The molecule has 0 radical (unpaired) electrons. The molecule has 1 fully saturated rings. The number of likely N-dealkylation sites (N-methyl/N-ethyl adjacent to an activating group) is 2. The van der Waals surface area contributed by atoms with Crippen LogP contribution in [0.3, 0.4) is 0 Å². The van der Waals surface area contributed by atoms with E-state index in [1.165, 1.54) is 30.6 Å². The summed E-state index contributed by atoms with van der Waals surface area (Å²) in [5.41, 5.74) is 2.86. The molecule has 0 saturated carbocycles. The Bertz CT molecular complexity index is 399. The van der Waals surface area contributed by atoms with E-state index in [-0.39, 0.29) is 0 Å². The van der Waals surface area contributed by atoms with E-state index < -0.39 is 0 Å². The van der Waals surface area contributed by atoms with Crippen LogP contribution < -0.4 is 5.32 Å². The summed E-state index contributed by atoms with van der Waals surface area (Å²) in [5, 5.41) is 3.24. The van der Waals surface area contributed by atoms with Crippen molar-refractivity contribution in [1.82, 2.24) is 15.1 Å². The van der Waals surface area contributed by atoms with Gasteiger partial charge in [0.15, 0.2) is 0 Å². The van der Waals surface area contributed by atoms with Gasteiger partial charge in [0.05, 0.1) is 0 Å². The molecule has 0 bridgehead atoms. The highest BCUT2D eigenvalue weighted by Crippen LogP contribution is 2.19. The molecule has 1 saturated heterocycles. The normalized spacial score (nSPS) is 21.6. The maximum atomic E-state index is 3.24. The van der Waals surface area contributed by atoms with E-state index in [2.05, 4.69) is 60.4 Å². The van der Waals surface area contributed by atoms with Crippen molar-refractivity contribution in [3.05, 3.63) is 35.4 Å². The highest BCUT2D eigenvalue weighted by molar-refractivity contribution is 5.25. The van der Waals surface area contributed by atoms with Crippen molar-refractivity contribution in [3.8, 4) is 0 Å². The van der Waals surface area contributed by atoms with Crippen molar-refractivity contribution in [2.24, 2.45) is 0 Å². The summed E-state index contributed by atoms with van der Waals surface area (Å²) in [4.78, 5) is 4.92. The van der Waals surface area contributed by atoms with Crippen LogP contribution in [0.15, 0.2) is 24.3 Å². The molecule has 3 heteroatoms. The number of likely N-dealkylation sites (tertiary alicyclic amines) is 1. The summed E-state index contributed by atoms with van der Waals surface area (Å²) in [6, 6.07) is 9.90. The van der Waals surface area contributed by atoms with Crippen LogP contribution in [-0.2, 0) is 6.54 Å². The molecule has 1 aliphatic heterocycles. The zero-order valence-electron chi connectivity index (χ0n) is 13.4. The smallest absolute Gasteiger partial charge is 0.0234 e. The molecule has 2 unspecified atom stereocenters. The van der Waals surface area contributed by atoms with E-state index in [4.69, 9.17) is 0 Å². The number of hydrogen-bond donors (Lipinski definition) is 1. The lowest BCUT2D eigenvalue weighted by Gasteiger charge is -2.20. The second kappa shape index (κ2) is 7.21. The van der Waals surface area contributed by atoms with Gasteiger partial charge in [-0.15, -0.1) is 0 Å². The molecule has 2 rings (SSSR count). The number of benzene rings is 1. The van der Waals surface area contributed by atoms with E-state index in [0.29, 0.717) is 5.92 Å². The van der Waals surface area contributed by atoms with Crippen molar-refractivity contribution >= 4 is 0 Å². The van der Waals surface area contributed by atoms with Crippen molar-refractivity contribution in [1.29, 1.82) is 0 Å². The minimum Gasteiger partial charge on any atom is -0.319 e. The van der Waals surface area contributed by atoms with Gasteiger partial charge >= 0.3 is 0 Å². The van der Waals surface area contributed by atoms with Gasteiger partial charge in [-0.3, -0.25) is 4.90 Å². The average molecular weight is 275 g/mol. The first-order chi connectivity index (χ1) is 9.60. The van der Waals surface area contributed by atoms with E-state index in [9.17, 15) is 0 Å². The highest BCUT2D eigenvalue weighted by Gasteiger charge is 2.23. The van der Waals surface area contributed by atoms with Crippen molar-refractivity contribution < 1.29 is 0 Å². The first-order valence-corrected chi connectivity index (χ1v) is 7.72. The largest absolute Gasteiger partial charge is 0.319 e. The quantitative estimate of drug-likeness (QED) is 0.858. The van der Waals surface area contributed by atoms with Gasteiger partial charge in [-0.2, -0.15) is 0 Å². The second-order valence-corrected chi connectivity index (χ2v) is 6.34. The van der Waals surface area contributed by atoms with Gasteiger partial charge in [0.2, 0.25) is 0 Å². The summed E-state index contributed by atoms with van der Waals surface area (Å²) in [7, 11) is 6.39. The Hall–Kier alpha value is -0.900. The third kappa shape index (κ3) is 4.05. The molecule has 1 heterocycles. The first-order valence-electron chi connectivity index (χ1n) is 7.72. The molecule has 0 spiro atoms. The Balaban J connectivity index is 1.88. The lowest BCUT2D eigenvalue weighted by Crippen LogP contribution is -2.31. The van der Waals surface area contributed by atoms with Crippen LogP contribution in [-0.4, -0.2) is 56.6 Å². The van der Waals surface area contributed by atoms with Gasteiger partial charge in [0.1, 0.15) is 0 Å². The van der Waals surface area contributed by atoms with E-state index in [0.717, 1.165) is 19.1 Å². The van der Waals surface area contributed by atoms with Crippen LogP contribution in [0.1, 0.15) is 30.4 Å². The molecule has 2 atom stereocenters. The summed E-state index contributed by atoms with van der Waals surface area (Å²) in [6.45, 7) is 6.82. The molecule has 1 aliphatic rings. The maximum absolute atomic E-state index is 3.24. The molecule has 0 aliphatic carbocycles. The van der Waals surface area contributed by atoms with E-state index >= 15 is 0 Å². The van der Waals surface area contributed by atoms with Crippen molar-refractivity contribution in [2.75, 3.05) is 40.8 Å². The van der Waals surface area contributed by atoms with Crippen LogP contribution in [0, 0.1) is 0 Å². The van der Waals surface area contributed by atoms with Gasteiger partial charge in [0.25, 0.3) is 0 Å². The standard InChI is InChI=1S/C17H29N3/c1-14(11-18-2)16-7-5-15(6-8-16)12-20-10-9-17(13-20)19(3)4/h5-8,14,17-18H,9-13H2,1-4H3. The van der Waals surface area contributed by atoms with Crippen LogP contribution in [0.2, 0.25) is 0 Å². The molecule has 20 heavy (non-hydrogen) atoms. The van der Waals surface area contributed by atoms with Gasteiger partial charge in [-0.25, -0.2) is 0 Å². The van der Waals surface area contributed by atoms with Crippen LogP contribution in [0.4, 0.5) is 0 Å². The Morgan fingerprint density at radius 1 is 1.30 bits per heavy atom. The first kappa shape index (κ1) is 15.5. The minimum atomic E-state index is 0.582. The molecule has 0 amide bonds. The molecule has 1 aromatic carbocycles. The topological polar surface area (TPSA) is 18.5 Å². The lowest BCUT2D eigenvalue weighted by molar-refractivity contribution is 0.264. The molecule has 0 aromatic heterocycles. The number of nitrogens with zero attached hydrogens (tertiary/aromatic N) is 2. The fraction of sp³-hybridized carbons (Fsp3) is 0.647. The van der Waals surface area contributed by atoms with Crippen LogP contribution >= 0.6 is 0 Å². The van der Waals surface area contributed by atoms with Gasteiger partial charge in [0, 0.05) is 32.2 Å². The zero-order valence-corrected chi connectivity index (χ0v) is 13.4. The predicted octanol–water partition coefficient (Wildman–Crippen LogP) is 2.15. The summed E-state index contributed by atoms with van der Waals surface area (Å²) in [6.07, 6.45) is 1.30. The molecular formula is C17H29N3. The van der Waals surface area contributed by atoms with Crippen molar-refractivity contribution in [2.45, 2.75) is 31.8 Å². The molecule has 112 valence electrons. The lowest BCUT2D eigenvalue weighted by atomic mass is 10.00. The number of nitrogens with one attached hydrogen (secondary N) is 1. The predicted molar refractivity (Wildman–Crippen MR) is 86.2 cm³/mol. The molecular weight excluding hydrogens is 246 g/mol. The number of hydrogen-bond acceptors (Lipinski definition) is 3. The molecule has 3 nitrogen and oxygen atoms in total. The summed E-state index contributed by atoms with van der Waals surface area (Å²) < 4.78 is 0. The average Bonchev–Trinajstić information content (AvgIpc) is 2.88. The highest BCUT2D eigenvalue weighted by atomic mass is 15.2. The Morgan fingerprint density at radius 3 is 2.55 bits per heavy atom. The second-order valence-electron chi connectivity index (χ2n) is 6.34. The van der Waals surface area contributed by atoms with Crippen LogP contribution in [0.5, 0.6) is 0 Å². The Kier molecular flexibility index (Phi) is 5.58. The molecule has 1 aromatic rings. The van der Waals surface area contributed by atoms with Crippen LogP contribution in [0.25, 0.3) is 0 Å². The monoisotopic (exact) mass is 275 g/mol. The fourth-order valence-electron chi connectivity index (χ4n) is 3.01. The SMILES string of the molecule is CNCC(C)c1ccc(CN2CCC(N(C)C)C2)cc1. The van der Waals surface area contributed by atoms with Gasteiger partial charge in [-0.05, 0) is 44.6 Å². The van der Waals surface area contributed by atoms with E-state index in [1.807, 2.05) is 7.05 Å². The fourth-order valence-corrected chi connectivity index (χ4v) is 3.01. The Labute approximate surface area is 124 Å². The van der Waals surface area contributed by atoms with Crippen molar-refractivity contribution in [3.63, 3.8) is 0 Å². The van der Waals surface area contributed by atoms with E-state index in [1.54, 1.807) is 0 Å². The maximum Gasteiger partial charge on any atom is 0.0234 e. The third-order valence-corrected chi connectivity index (χ3v) is 4.44. The molecule has 1 N–H and O–H groups in total. The van der Waals surface area contributed by atoms with Gasteiger partial charge < -0.3 is 10.2 Å². The minimum absolute atomic E-state index is 0.582. The third-order valence-electron chi connectivity index (χ3n) is 4.44.